The number of amides is 2. The standard InChI is InChI=1S/C15H13NO4/c1-8(15(19)20)16-13(17)10-6-2-4-9-5-3-7-11(12(9)10)14(16)18/h2-8,15,19-20H,1H3/t8-/m0/s1. The molecule has 2 N–H and O–H groups in total. The summed E-state index contributed by atoms with van der Waals surface area (Å²) in [7, 11) is 0. The zero-order valence-electron chi connectivity index (χ0n) is 10.8. The van der Waals surface area contributed by atoms with E-state index in [1.54, 1.807) is 24.3 Å². The van der Waals surface area contributed by atoms with Crippen LogP contribution in [-0.4, -0.2) is 39.3 Å². The van der Waals surface area contributed by atoms with Crippen LogP contribution >= 0.6 is 0 Å². The van der Waals surface area contributed by atoms with E-state index >= 15 is 0 Å². The third-order valence-electron chi connectivity index (χ3n) is 3.64. The highest BCUT2D eigenvalue weighted by Crippen LogP contribution is 2.31. The fraction of sp³-hybridized carbons (Fsp3) is 0.200. The molecule has 5 heteroatoms. The second-order valence-corrected chi connectivity index (χ2v) is 4.84. The molecule has 1 aliphatic rings. The lowest BCUT2D eigenvalue weighted by Crippen LogP contribution is -2.50. The second-order valence-electron chi connectivity index (χ2n) is 4.84. The minimum atomic E-state index is -1.77. The van der Waals surface area contributed by atoms with Gasteiger partial charge in [0.25, 0.3) is 11.8 Å². The molecule has 0 aliphatic carbocycles. The summed E-state index contributed by atoms with van der Waals surface area (Å²) in [6.07, 6.45) is -1.77. The van der Waals surface area contributed by atoms with E-state index in [0.29, 0.717) is 16.5 Å². The number of benzene rings is 2. The maximum Gasteiger partial charge on any atom is 0.261 e. The summed E-state index contributed by atoms with van der Waals surface area (Å²) in [5, 5.41) is 20.0. The van der Waals surface area contributed by atoms with Crippen LogP contribution in [0.25, 0.3) is 10.8 Å². The first kappa shape index (κ1) is 12.8. The molecule has 1 aliphatic heterocycles. The van der Waals surface area contributed by atoms with Gasteiger partial charge in [-0.25, -0.2) is 0 Å². The van der Waals surface area contributed by atoms with E-state index in [-0.39, 0.29) is 0 Å². The number of hydrogen-bond acceptors (Lipinski definition) is 4. The van der Waals surface area contributed by atoms with E-state index < -0.39 is 24.1 Å². The molecule has 0 saturated carbocycles. The monoisotopic (exact) mass is 271 g/mol. The number of carbonyl (C=O) groups is 2. The molecular formula is C15H13NO4. The summed E-state index contributed by atoms with van der Waals surface area (Å²) in [6.45, 7) is 1.43. The molecular weight excluding hydrogens is 258 g/mol. The van der Waals surface area contributed by atoms with Gasteiger partial charge < -0.3 is 10.2 Å². The van der Waals surface area contributed by atoms with E-state index in [2.05, 4.69) is 0 Å². The van der Waals surface area contributed by atoms with Gasteiger partial charge in [0.05, 0.1) is 6.04 Å². The number of nitrogens with zero attached hydrogens (tertiary/aromatic N) is 1. The number of aliphatic hydroxyl groups excluding tert-OH is 1. The van der Waals surface area contributed by atoms with Crippen molar-refractivity contribution < 1.29 is 19.8 Å². The fourth-order valence-electron chi connectivity index (χ4n) is 2.55. The van der Waals surface area contributed by atoms with Gasteiger partial charge in [0.2, 0.25) is 0 Å². The Labute approximate surface area is 115 Å². The first-order valence-corrected chi connectivity index (χ1v) is 6.28. The molecule has 3 rings (SSSR count). The average molecular weight is 271 g/mol. The van der Waals surface area contributed by atoms with Crippen LogP contribution in [0.2, 0.25) is 0 Å². The molecule has 20 heavy (non-hydrogen) atoms. The Morgan fingerprint density at radius 1 is 0.950 bits per heavy atom. The summed E-state index contributed by atoms with van der Waals surface area (Å²) >= 11 is 0. The van der Waals surface area contributed by atoms with Crippen molar-refractivity contribution >= 4 is 22.6 Å². The van der Waals surface area contributed by atoms with Crippen LogP contribution < -0.4 is 0 Å². The molecule has 0 spiro atoms. The van der Waals surface area contributed by atoms with Crippen LogP contribution in [0.3, 0.4) is 0 Å². The normalized spacial score (nSPS) is 16.1. The summed E-state index contributed by atoms with van der Waals surface area (Å²) < 4.78 is 0. The Hall–Kier alpha value is -2.24. The Kier molecular flexibility index (Phi) is 2.81. The van der Waals surface area contributed by atoms with Gasteiger partial charge in [-0.05, 0) is 24.4 Å². The van der Waals surface area contributed by atoms with Crippen LogP contribution in [0.5, 0.6) is 0 Å². The van der Waals surface area contributed by atoms with Crippen molar-refractivity contribution in [3.63, 3.8) is 0 Å². The van der Waals surface area contributed by atoms with Gasteiger partial charge in [-0.15, -0.1) is 0 Å². The van der Waals surface area contributed by atoms with E-state index in [9.17, 15) is 19.8 Å². The molecule has 0 saturated heterocycles. The molecule has 1 heterocycles. The Morgan fingerprint density at radius 3 is 1.90 bits per heavy atom. The Balaban J connectivity index is 2.26. The van der Waals surface area contributed by atoms with E-state index in [1.807, 2.05) is 12.1 Å². The molecule has 2 aromatic carbocycles. The molecule has 0 fully saturated rings. The molecule has 102 valence electrons. The van der Waals surface area contributed by atoms with E-state index in [1.165, 1.54) is 6.92 Å². The van der Waals surface area contributed by atoms with Gasteiger partial charge in [-0.2, -0.15) is 0 Å². The first-order valence-electron chi connectivity index (χ1n) is 6.28. The highest BCUT2D eigenvalue weighted by molar-refractivity contribution is 6.25. The van der Waals surface area contributed by atoms with E-state index in [4.69, 9.17) is 0 Å². The van der Waals surface area contributed by atoms with Gasteiger partial charge >= 0.3 is 0 Å². The molecule has 0 radical (unpaired) electrons. The average Bonchev–Trinajstić information content (AvgIpc) is 2.44. The molecule has 5 nitrogen and oxygen atoms in total. The number of rotatable bonds is 2. The van der Waals surface area contributed by atoms with Crippen LogP contribution in [0, 0.1) is 0 Å². The van der Waals surface area contributed by atoms with Gasteiger partial charge in [0, 0.05) is 16.5 Å². The molecule has 0 unspecified atom stereocenters. The van der Waals surface area contributed by atoms with Gasteiger partial charge in [-0.1, -0.05) is 24.3 Å². The SMILES string of the molecule is C[C@@H](C(O)O)N1C(=O)c2cccc3cccc(c23)C1=O. The van der Waals surface area contributed by atoms with Crippen molar-refractivity contribution in [3.8, 4) is 0 Å². The second kappa shape index (κ2) is 4.40. The molecule has 0 aromatic heterocycles. The van der Waals surface area contributed by atoms with Crippen LogP contribution in [-0.2, 0) is 0 Å². The zero-order valence-corrected chi connectivity index (χ0v) is 10.8. The van der Waals surface area contributed by atoms with Gasteiger partial charge in [-0.3, -0.25) is 14.5 Å². The van der Waals surface area contributed by atoms with Gasteiger partial charge in [0.1, 0.15) is 0 Å². The third-order valence-corrected chi connectivity index (χ3v) is 3.64. The molecule has 2 aromatic rings. The number of imide groups is 1. The zero-order chi connectivity index (χ0) is 14.4. The highest BCUT2D eigenvalue weighted by atomic mass is 16.5. The fourth-order valence-corrected chi connectivity index (χ4v) is 2.55. The first-order chi connectivity index (χ1) is 9.52. The summed E-state index contributed by atoms with van der Waals surface area (Å²) in [4.78, 5) is 25.8. The third kappa shape index (κ3) is 1.64. The minimum absolute atomic E-state index is 0.408. The maximum atomic E-state index is 12.4. The number of aliphatic hydroxyl groups is 2. The van der Waals surface area contributed by atoms with Crippen molar-refractivity contribution in [3.05, 3.63) is 47.5 Å². The highest BCUT2D eigenvalue weighted by Gasteiger charge is 2.37. The van der Waals surface area contributed by atoms with Crippen molar-refractivity contribution in [2.75, 3.05) is 0 Å². The van der Waals surface area contributed by atoms with Gasteiger partial charge in [0.15, 0.2) is 6.29 Å². The lowest BCUT2D eigenvalue weighted by atomic mass is 9.93. The topological polar surface area (TPSA) is 77.8 Å². The van der Waals surface area contributed by atoms with Crippen LogP contribution in [0.1, 0.15) is 27.6 Å². The number of hydrogen-bond donors (Lipinski definition) is 2. The predicted octanol–water partition coefficient (Wildman–Crippen LogP) is 1.13. The molecule has 1 atom stereocenters. The van der Waals surface area contributed by atoms with Crippen LogP contribution in [0.4, 0.5) is 0 Å². The maximum absolute atomic E-state index is 12.4. The Morgan fingerprint density at radius 2 is 1.45 bits per heavy atom. The molecule has 0 bridgehead atoms. The Bertz CT molecular complexity index is 672. The van der Waals surface area contributed by atoms with Crippen molar-refractivity contribution in [1.82, 2.24) is 4.90 Å². The summed E-state index contributed by atoms with van der Waals surface area (Å²) in [6, 6.07) is 9.44. The summed E-state index contributed by atoms with van der Waals surface area (Å²) in [5.74, 6) is -1.00. The minimum Gasteiger partial charge on any atom is -0.366 e. The summed E-state index contributed by atoms with van der Waals surface area (Å²) in [5.41, 5.74) is 0.815. The van der Waals surface area contributed by atoms with Crippen LogP contribution in [0.15, 0.2) is 36.4 Å². The molecule has 2 amide bonds. The van der Waals surface area contributed by atoms with Crippen molar-refractivity contribution in [2.45, 2.75) is 19.3 Å². The van der Waals surface area contributed by atoms with Crippen molar-refractivity contribution in [2.24, 2.45) is 0 Å². The quantitative estimate of drug-likeness (QED) is 0.634. The lowest BCUT2D eigenvalue weighted by molar-refractivity contribution is -0.0820. The smallest absolute Gasteiger partial charge is 0.261 e. The predicted molar refractivity (Wildman–Crippen MR) is 72.1 cm³/mol. The van der Waals surface area contributed by atoms with E-state index in [0.717, 1.165) is 10.3 Å². The largest absolute Gasteiger partial charge is 0.366 e. The number of carbonyl (C=O) groups excluding carboxylic acids is 2. The lowest BCUT2D eigenvalue weighted by Gasteiger charge is -2.32. The van der Waals surface area contributed by atoms with Crippen molar-refractivity contribution in [1.29, 1.82) is 0 Å².